The van der Waals surface area contributed by atoms with Gasteiger partial charge in [0.15, 0.2) is 0 Å². The van der Waals surface area contributed by atoms with E-state index in [0.717, 1.165) is 28.3 Å². The topological polar surface area (TPSA) is 99.3 Å². The number of benzene rings is 3. The first-order chi connectivity index (χ1) is 14.4. The van der Waals surface area contributed by atoms with Crippen LogP contribution >= 0.6 is 0 Å². The molecule has 1 atom stereocenters. The molecule has 0 saturated carbocycles. The maximum Gasteiger partial charge on any atom is 0.325 e. The minimum absolute atomic E-state index is 0.0101. The Morgan fingerprint density at radius 3 is 2.60 bits per heavy atom. The summed E-state index contributed by atoms with van der Waals surface area (Å²) in [5.41, 5.74) is 8.64. The van der Waals surface area contributed by atoms with Gasteiger partial charge in [0.05, 0.1) is 6.54 Å². The monoisotopic (exact) mass is 398 g/mol. The number of fused-ring (bicyclic) bond motifs is 2. The van der Waals surface area contributed by atoms with Crippen molar-refractivity contribution in [1.29, 1.82) is 5.41 Å². The minimum Gasteiger partial charge on any atom is -0.384 e. The number of nitrogens with one attached hydrogen (secondary N) is 2. The molecule has 6 nitrogen and oxygen atoms in total. The van der Waals surface area contributed by atoms with Gasteiger partial charge in [0.25, 0.3) is 5.91 Å². The fraction of sp³-hybridized carbons (Fsp3) is 0.208. The van der Waals surface area contributed by atoms with Crippen LogP contribution in [0.25, 0.3) is 10.8 Å². The van der Waals surface area contributed by atoms with Gasteiger partial charge in [-0.1, -0.05) is 48.5 Å². The molecule has 1 saturated heterocycles. The maximum absolute atomic E-state index is 13.3. The molecule has 5 rings (SSSR count). The van der Waals surface area contributed by atoms with E-state index < -0.39 is 5.54 Å². The molecule has 0 aromatic heterocycles. The second-order valence-corrected chi connectivity index (χ2v) is 8.16. The molecular weight excluding hydrogens is 376 g/mol. The largest absolute Gasteiger partial charge is 0.384 e. The van der Waals surface area contributed by atoms with Gasteiger partial charge in [-0.2, -0.15) is 0 Å². The van der Waals surface area contributed by atoms with Crippen molar-refractivity contribution >= 4 is 28.5 Å². The third-order valence-corrected chi connectivity index (χ3v) is 6.23. The van der Waals surface area contributed by atoms with E-state index >= 15 is 0 Å². The van der Waals surface area contributed by atoms with Crippen LogP contribution in [0.2, 0.25) is 0 Å². The molecule has 2 aliphatic rings. The highest BCUT2D eigenvalue weighted by Gasteiger charge is 2.52. The molecule has 0 radical (unpaired) electrons. The zero-order chi connectivity index (χ0) is 20.9. The number of imide groups is 1. The molecule has 3 aromatic rings. The number of amidine groups is 1. The molecule has 4 N–H and O–H groups in total. The van der Waals surface area contributed by atoms with Crippen molar-refractivity contribution in [3.05, 3.63) is 82.9 Å². The quantitative estimate of drug-likeness (QED) is 0.359. The molecule has 6 heteroatoms. The minimum atomic E-state index is -0.843. The average molecular weight is 398 g/mol. The van der Waals surface area contributed by atoms with Crippen molar-refractivity contribution in [3.8, 4) is 0 Å². The van der Waals surface area contributed by atoms with Gasteiger partial charge in [-0.3, -0.25) is 15.1 Å². The van der Waals surface area contributed by atoms with Crippen LogP contribution in [0, 0.1) is 5.41 Å². The van der Waals surface area contributed by atoms with Crippen LogP contribution < -0.4 is 11.1 Å². The number of nitrogens with two attached hydrogens (primary N) is 1. The van der Waals surface area contributed by atoms with Gasteiger partial charge in [-0.15, -0.1) is 0 Å². The third-order valence-electron chi connectivity index (χ3n) is 6.23. The van der Waals surface area contributed by atoms with Gasteiger partial charge in [0, 0.05) is 12.0 Å². The SMILES string of the molecule is N=C(N)c1ccc2ccc(CN3C(=O)NC4(CCc5ccccc5C4)C3=O)cc2c1. The molecular formula is C24H22N4O2. The van der Waals surface area contributed by atoms with Crippen molar-refractivity contribution in [2.24, 2.45) is 5.73 Å². The average Bonchev–Trinajstić information content (AvgIpc) is 2.97. The molecule has 150 valence electrons. The van der Waals surface area contributed by atoms with Crippen molar-refractivity contribution in [3.63, 3.8) is 0 Å². The van der Waals surface area contributed by atoms with Gasteiger partial charge in [0.2, 0.25) is 0 Å². The Labute approximate surface area is 174 Å². The maximum atomic E-state index is 13.3. The summed E-state index contributed by atoms with van der Waals surface area (Å²) < 4.78 is 0. The van der Waals surface area contributed by atoms with E-state index in [1.54, 1.807) is 0 Å². The normalized spacial score (nSPS) is 20.5. The second-order valence-electron chi connectivity index (χ2n) is 8.16. The summed E-state index contributed by atoms with van der Waals surface area (Å²) in [6.07, 6.45) is 1.93. The van der Waals surface area contributed by atoms with E-state index in [-0.39, 0.29) is 24.3 Å². The number of hydrogen-bond donors (Lipinski definition) is 3. The van der Waals surface area contributed by atoms with Crippen LogP contribution in [0.5, 0.6) is 0 Å². The highest BCUT2D eigenvalue weighted by molar-refractivity contribution is 6.07. The van der Waals surface area contributed by atoms with Gasteiger partial charge in [0.1, 0.15) is 11.4 Å². The number of urea groups is 1. The zero-order valence-corrected chi connectivity index (χ0v) is 16.4. The van der Waals surface area contributed by atoms with Crippen molar-refractivity contribution in [2.45, 2.75) is 31.3 Å². The number of nitrogen functional groups attached to an aromatic ring is 1. The third kappa shape index (κ3) is 2.92. The molecule has 30 heavy (non-hydrogen) atoms. The lowest BCUT2D eigenvalue weighted by molar-refractivity contribution is -0.132. The highest BCUT2D eigenvalue weighted by atomic mass is 16.2. The highest BCUT2D eigenvalue weighted by Crippen LogP contribution is 2.34. The Bertz CT molecular complexity index is 1220. The fourth-order valence-corrected chi connectivity index (χ4v) is 4.59. The first-order valence-electron chi connectivity index (χ1n) is 10.0. The number of nitrogens with zero attached hydrogens (tertiary/aromatic N) is 1. The Balaban J connectivity index is 1.42. The Morgan fingerprint density at radius 2 is 1.80 bits per heavy atom. The van der Waals surface area contributed by atoms with E-state index in [1.165, 1.54) is 10.5 Å². The van der Waals surface area contributed by atoms with Crippen molar-refractivity contribution < 1.29 is 9.59 Å². The molecule has 1 unspecified atom stereocenters. The smallest absolute Gasteiger partial charge is 0.325 e. The van der Waals surface area contributed by atoms with Crippen LogP contribution in [0.15, 0.2) is 60.7 Å². The molecule has 1 aliphatic heterocycles. The standard InChI is InChI=1S/C24H22N4O2/c25-21(26)18-8-7-17-6-5-15(11-20(17)12-18)14-28-22(29)24(27-23(28)30)10-9-16-3-1-2-4-19(16)13-24/h1-8,11-12H,9-10,13-14H2,(H3,25,26)(H,27,30). The van der Waals surface area contributed by atoms with Gasteiger partial charge in [-0.25, -0.2) is 4.79 Å². The Hall–Kier alpha value is -3.67. The number of carbonyl (C=O) groups excluding carboxylic acids is 2. The Kier molecular flexibility index (Phi) is 4.10. The number of hydrogen-bond acceptors (Lipinski definition) is 3. The molecule has 1 fully saturated rings. The van der Waals surface area contributed by atoms with Crippen molar-refractivity contribution in [2.75, 3.05) is 0 Å². The predicted molar refractivity (Wildman–Crippen MR) is 115 cm³/mol. The fourth-order valence-electron chi connectivity index (χ4n) is 4.59. The molecule has 0 bridgehead atoms. The first-order valence-corrected chi connectivity index (χ1v) is 10.0. The van der Waals surface area contributed by atoms with Gasteiger partial charge in [-0.05, 0) is 52.4 Å². The summed E-state index contributed by atoms with van der Waals surface area (Å²) in [4.78, 5) is 27.4. The molecule has 1 spiro atoms. The first kappa shape index (κ1) is 18.4. The number of amides is 3. The van der Waals surface area contributed by atoms with Crippen LogP contribution in [-0.2, 0) is 24.2 Å². The van der Waals surface area contributed by atoms with E-state index in [9.17, 15) is 9.59 Å². The summed E-state index contributed by atoms with van der Waals surface area (Å²) in [6.45, 7) is 0.217. The Morgan fingerprint density at radius 1 is 1.03 bits per heavy atom. The van der Waals surface area contributed by atoms with E-state index in [0.29, 0.717) is 18.4 Å². The number of aryl methyl sites for hydroxylation is 1. The molecule has 3 amide bonds. The molecule has 3 aromatic carbocycles. The van der Waals surface area contributed by atoms with Gasteiger partial charge >= 0.3 is 6.03 Å². The summed E-state index contributed by atoms with van der Waals surface area (Å²) in [6, 6.07) is 19.2. The van der Waals surface area contributed by atoms with Crippen molar-refractivity contribution in [1.82, 2.24) is 10.2 Å². The van der Waals surface area contributed by atoms with Crippen LogP contribution in [0.4, 0.5) is 4.79 Å². The van der Waals surface area contributed by atoms with Crippen LogP contribution in [0.1, 0.15) is 28.7 Å². The summed E-state index contributed by atoms with van der Waals surface area (Å²) in [7, 11) is 0. The van der Waals surface area contributed by atoms with E-state index in [1.807, 2.05) is 54.6 Å². The zero-order valence-electron chi connectivity index (χ0n) is 16.4. The van der Waals surface area contributed by atoms with E-state index in [2.05, 4.69) is 11.4 Å². The number of carbonyl (C=O) groups is 2. The predicted octanol–water partition coefficient (Wildman–Crippen LogP) is 3.10. The molecule has 1 aliphatic carbocycles. The number of rotatable bonds is 3. The summed E-state index contributed by atoms with van der Waals surface area (Å²) >= 11 is 0. The lowest BCUT2D eigenvalue weighted by Gasteiger charge is -2.32. The lowest BCUT2D eigenvalue weighted by Crippen LogP contribution is -2.51. The van der Waals surface area contributed by atoms with Gasteiger partial charge < -0.3 is 11.1 Å². The summed E-state index contributed by atoms with van der Waals surface area (Å²) in [5.74, 6) is -0.143. The molecule has 1 heterocycles. The lowest BCUT2D eigenvalue weighted by atomic mass is 9.78. The van der Waals surface area contributed by atoms with Crippen LogP contribution in [-0.4, -0.2) is 28.2 Å². The van der Waals surface area contributed by atoms with Crippen LogP contribution in [0.3, 0.4) is 0 Å². The second kappa shape index (κ2) is 6.69. The summed E-state index contributed by atoms with van der Waals surface area (Å²) in [5, 5.41) is 12.6. The van der Waals surface area contributed by atoms with E-state index in [4.69, 9.17) is 11.1 Å².